The number of rotatable bonds is 2. The lowest BCUT2D eigenvalue weighted by Gasteiger charge is -2.13. The summed E-state index contributed by atoms with van der Waals surface area (Å²) in [5.41, 5.74) is 2.93. The maximum Gasteiger partial charge on any atom is 0.180 e. The van der Waals surface area contributed by atoms with Crippen LogP contribution >= 0.6 is 11.6 Å². The zero-order chi connectivity index (χ0) is 10.7. The number of hydroxylamine groups is 1. The highest BCUT2D eigenvalue weighted by atomic mass is 35.5. The van der Waals surface area contributed by atoms with Crippen LogP contribution in [0.2, 0.25) is 5.02 Å². The number of hydrogen-bond acceptors (Lipinski definition) is 4. The lowest BCUT2D eigenvalue weighted by Crippen LogP contribution is -2.08. The lowest BCUT2D eigenvalue weighted by molar-refractivity contribution is 0.159. The zero-order valence-corrected chi connectivity index (χ0v) is 8.88. The monoisotopic (exact) mass is 229 g/mol. The van der Waals surface area contributed by atoms with Crippen molar-refractivity contribution in [1.82, 2.24) is 5.48 Å². The van der Waals surface area contributed by atoms with Crippen LogP contribution in [0.1, 0.15) is 12.0 Å². The molecule has 0 saturated carbocycles. The van der Waals surface area contributed by atoms with Gasteiger partial charge in [-0.05, 0) is 6.07 Å². The minimum atomic E-state index is 0.308. The van der Waals surface area contributed by atoms with E-state index in [1.54, 1.807) is 12.1 Å². The van der Waals surface area contributed by atoms with Crippen LogP contribution < -0.4 is 15.0 Å². The largest absolute Gasteiger partial charge is 0.489 e. The van der Waals surface area contributed by atoms with Crippen molar-refractivity contribution in [2.45, 2.75) is 13.0 Å². The summed E-state index contributed by atoms with van der Waals surface area (Å²) in [7, 11) is 0. The number of benzene rings is 1. The van der Waals surface area contributed by atoms with E-state index in [9.17, 15) is 0 Å². The predicted molar refractivity (Wildman–Crippen MR) is 55.7 cm³/mol. The Labute approximate surface area is 92.7 Å². The third-order valence-corrected chi connectivity index (χ3v) is 2.49. The number of halogens is 1. The van der Waals surface area contributed by atoms with Crippen molar-refractivity contribution < 1.29 is 14.7 Å². The smallest absolute Gasteiger partial charge is 0.180 e. The molecule has 0 aromatic heterocycles. The molecule has 0 atom stereocenters. The molecule has 5 heteroatoms. The van der Waals surface area contributed by atoms with Crippen molar-refractivity contribution >= 4 is 11.6 Å². The van der Waals surface area contributed by atoms with Crippen molar-refractivity contribution in [3.05, 3.63) is 22.7 Å². The van der Waals surface area contributed by atoms with E-state index in [0.717, 1.165) is 12.0 Å². The Morgan fingerprint density at radius 1 is 1.27 bits per heavy atom. The Morgan fingerprint density at radius 2 is 2.00 bits per heavy atom. The molecule has 1 heterocycles. The first-order valence-electron chi connectivity index (χ1n) is 4.77. The first kappa shape index (κ1) is 10.5. The molecule has 1 aromatic carbocycles. The molecule has 0 bridgehead atoms. The maximum absolute atomic E-state index is 8.68. The van der Waals surface area contributed by atoms with E-state index in [4.69, 9.17) is 26.3 Å². The van der Waals surface area contributed by atoms with Crippen molar-refractivity contribution in [1.29, 1.82) is 0 Å². The van der Waals surface area contributed by atoms with Gasteiger partial charge in [-0.15, -0.1) is 0 Å². The summed E-state index contributed by atoms with van der Waals surface area (Å²) in [6.45, 7) is 1.51. The van der Waals surface area contributed by atoms with Crippen molar-refractivity contribution in [3.8, 4) is 11.5 Å². The molecule has 82 valence electrons. The second-order valence-corrected chi connectivity index (χ2v) is 3.66. The minimum absolute atomic E-state index is 0.308. The number of nitrogens with one attached hydrogen (secondary N) is 1. The van der Waals surface area contributed by atoms with Crippen molar-refractivity contribution in [3.63, 3.8) is 0 Å². The van der Waals surface area contributed by atoms with Crippen LogP contribution in [0.3, 0.4) is 0 Å². The fourth-order valence-electron chi connectivity index (χ4n) is 1.50. The van der Waals surface area contributed by atoms with Gasteiger partial charge < -0.3 is 14.7 Å². The highest BCUT2D eigenvalue weighted by molar-refractivity contribution is 6.32. The summed E-state index contributed by atoms with van der Waals surface area (Å²) < 4.78 is 11.1. The van der Waals surface area contributed by atoms with Gasteiger partial charge in [-0.2, -0.15) is 0 Å². The molecule has 0 amide bonds. The highest BCUT2D eigenvalue weighted by Crippen LogP contribution is 2.39. The molecule has 0 spiro atoms. The second kappa shape index (κ2) is 4.70. The van der Waals surface area contributed by atoms with Gasteiger partial charge in [0.05, 0.1) is 18.2 Å². The van der Waals surface area contributed by atoms with Gasteiger partial charge in [-0.25, -0.2) is 5.48 Å². The summed E-state index contributed by atoms with van der Waals surface area (Å²) >= 11 is 6.00. The minimum Gasteiger partial charge on any atom is -0.489 e. The van der Waals surface area contributed by atoms with Crippen LogP contribution in [0.5, 0.6) is 11.5 Å². The third kappa shape index (κ3) is 2.17. The van der Waals surface area contributed by atoms with Crippen LogP contribution in [0.15, 0.2) is 12.1 Å². The van der Waals surface area contributed by atoms with Crippen LogP contribution in [0.4, 0.5) is 0 Å². The Morgan fingerprint density at radius 3 is 2.73 bits per heavy atom. The lowest BCUT2D eigenvalue weighted by atomic mass is 10.2. The van der Waals surface area contributed by atoms with Gasteiger partial charge in [0.15, 0.2) is 11.5 Å². The Hall–Kier alpha value is -0.970. The Kier molecular flexibility index (Phi) is 3.30. The number of ether oxygens (including phenoxy) is 2. The molecule has 0 aliphatic carbocycles. The van der Waals surface area contributed by atoms with E-state index in [1.807, 2.05) is 0 Å². The topological polar surface area (TPSA) is 50.7 Å². The van der Waals surface area contributed by atoms with Crippen LogP contribution in [0, 0.1) is 0 Å². The second-order valence-electron chi connectivity index (χ2n) is 3.25. The molecule has 1 aromatic rings. The summed E-state index contributed by atoms with van der Waals surface area (Å²) in [5, 5.41) is 9.22. The standard InChI is InChI=1S/C10H12ClNO3/c11-8-3-2-7(6-12-13)9-10(8)15-5-1-4-14-9/h2-3,12-13H,1,4-6H2. The quantitative estimate of drug-likeness (QED) is 0.762. The molecule has 1 aliphatic heterocycles. The van der Waals surface area contributed by atoms with Gasteiger partial charge in [0.2, 0.25) is 0 Å². The SMILES string of the molecule is ONCc1ccc(Cl)c2c1OCCCO2. The van der Waals surface area contributed by atoms with Crippen LogP contribution in [-0.2, 0) is 6.54 Å². The number of hydrogen-bond donors (Lipinski definition) is 2. The molecule has 1 aliphatic rings. The van der Waals surface area contributed by atoms with E-state index in [2.05, 4.69) is 5.48 Å². The molecule has 2 N–H and O–H groups in total. The molecular formula is C10H12ClNO3. The van der Waals surface area contributed by atoms with Crippen molar-refractivity contribution in [2.75, 3.05) is 13.2 Å². The summed E-state index contributed by atoms with van der Waals surface area (Å²) in [6.07, 6.45) is 0.830. The predicted octanol–water partition coefficient (Wildman–Crippen LogP) is 1.98. The fourth-order valence-corrected chi connectivity index (χ4v) is 1.71. The van der Waals surface area contributed by atoms with Crippen molar-refractivity contribution in [2.24, 2.45) is 0 Å². The third-order valence-electron chi connectivity index (χ3n) is 2.20. The molecule has 0 saturated heterocycles. The molecule has 0 fully saturated rings. The molecule has 0 radical (unpaired) electrons. The van der Waals surface area contributed by atoms with E-state index >= 15 is 0 Å². The Balaban J connectivity index is 2.41. The van der Waals surface area contributed by atoms with Gasteiger partial charge in [0, 0.05) is 18.5 Å². The maximum atomic E-state index is 8.68. The van der Waals surface area contributed by atoms with E-state index in [1.165, 1.54) is 0 Å². The number of fused-ring (bicyclic) bond motifs is 1. The summed E-state index contributed by atoms with van der Waals surface area (Å²) in [5.74, 6) is 1.20. The van der Waals surface area contributed by atoms with Gasteiger partial charge in [-0.3, -0.25) is 0 Å². The average molecular weight is 230 g/mol. The van der Waals surface area contributed by atoms with Gasteiger partial charge in [-0.1, -0.05) is 17.7 Å². The molecule has 2 rings (SSSR count). The summed E-state index contributed by atoms with van der Waals surface area (Å²) in [4.78, 5) is 0. The van der Waals surface area contributed by atoms with Gasteiger partial charge in [0.1, 0.15) is 0 Å². The van der Waals surface area contributed by atoms with Gasteiger partial charge >= 0.3 is 0 Å². The van der Waals surface area contributed by atoms with E-state index in [-0.39, 0.29) is 0 Å². The normalized spacial score (nSPS) is 14.8. The summed E-state index contributed by atoms with van der Waals surface area (Å²) in [6, 6.07) is 3.54. The average Bonchev–Trinajstić information content (AvgIpc) is 2.48. The highest BCUT2D eigenvalue weighted by Gasteiger charge is 2.17. The fraction of sp³-hybridized carbons (Fsp3) is 0.400. The first-order valence-corrected chi connectivity index (χ1v) is 5.14. The molecule has 4 nitrogen and oxygen atoms in total. The zero-order valence-electron chi connectivity index (χ0n) is 8.12. The van der Waals surface area contributed by atoms with E-state index < -0.39 is 0 Å². The molecule has 15 heavy (non-hydrogen) atoms. The molecular weight excluding hydrogens is 218 g/mol. The van der Waals surface area contributed by atoms with E-state index in [0.29, 0.717) is 36.3 Å². The Bertz CT molecular complexity index is 357. The van der Waals surface area contributed by atoms with Crippen LogP contribution in [-0.4, -0.2) is 18.4 Å². The van der Waals surface area contributed by atoms with Crippen LogP contribution in [0.25, 0.3) is 0 Å². The van der Waals surface area contributed by atoms with Gasteiger partial charge in [0.25, 0.3) is 0 Å². The first-order chi connectivity index (χ1) is 7.33. The molecule has 0 unspecified atom stereocenters.